The molecule has 0 spiro atoms. The van der Waals surface area contributed by atoms with Crippen LogP contribution in [-0.2, 0) is 4.84 Å². The molecule has 3 nitrogen and oxygen atoms in total. The Morgan fingerprint density at radius 3 is 3.00 bits per heavy atom. The van der Waals surface area contributed by atoms with Gasteiger partial charge in [-0.2, -0.15) is 5.06 Å². The molecule has 1 rings (SSSR count). The first-order valence-electron chi connectivity index (χ1n) is 3.45. The summed E-state index contributed by atoms with van der Waals surface area (Å²) in [5.41, 5.74) is 0. The van der Waals surface area contributed by atoms with Gasteiger partial charge in [-0.15, -0.1) is 0 Å². The Bertz CT molecular complexity index is 102. The molecule has 0 aliphatic carbocycles. The summed E-state index contributed by atoms with van der Waals surface area (Å²) >= 11 is 0. The Labute approximate surface area is 59.3 Å². The maximum Gasteiger partial charge on any atom is 0.0958 e. The molecule has 1 atom stereocenters. The molecule has 0 amide bonds. The Morgan fingerprint density at radius 2 is 2.50 bits per heavy atom. The molecule has 10 heavy (non-hydrogen) atoms. The van der Waals surface area contributed by atoms with Crippen molar-refractivity contribution in [2.24, 2.45) is 0 Å². The smallest absolute Gasteiger partial charge is 0.0958 e. The monoisotopic (exact) mass is 149 g/mol. The van der Waals surface area contributed by atoms with Crippen LogP contribution in [0.15, 0.2) is 0 Å². The standard InChI is InChI=1S/C6H12FNO2/c7-2-1-3-8-4-6(9)5-10-8/h6,9H,1-5H2/t6-/m0/s1. The van der Waals surface area contributed by atoms with E-state index in [2.05, 4.69) is 0 Å². The number of alkyl halides is 1. The van der Waals surface area contributed by atoms with E-state index in [9.17, 15) is 4.39 Å². The van der Waals surface area contributed by atoms with Crippen LogP contribution in [0.25, 0.3) is 0 Å². The molecule has 1 aliphatic rings. The maximum absolute atomic E-state index is 11.6. The van der Waals surface area contributed by atoms with Gasteiger partial charge in [0.05, 0.1) is 25.9 Å². The van der Waals surface area contributed by atoms with Gasteiger partial charge in [0.15, 0.2) is 0 Å². The number of hydroxylamine groups is 2. The second-order valence-electron chi connectivity index (χ2n) is 2.38. The van der Waals surface area contributed by atoms with Gasteiger partial charge >= 0.3 is 0 Å². The molecule has 1 saturated heterocycles. The Balaban J connectivity index is 2.06. The van der Waals surface area contributed by atoms with Crippen molar-refractivity contribution in [3.63, 3.8) is 0 Å². The minimum atomic E-state index is -0.389. The SMILES string of the molecule is O[C@@H]1CON(CCCF)C1. The maximum atomic E-state index is 11.6. The summed E-state index contributed by atoms with van der Waals surface area (Å²) in [6, 6.07) is 0. The molecule has 0 radical (unpaired) electrons. The van der Waals surface area contributed by atoms with Gasteiger partial charge in [-0.1, -0.05) is 0 Å². The van der Waals surface area contributed by atoms with Crippen LogP contribution in [-0.4, -0.2) is 42.6 Å². The molecule has 0 aromatic heterocycles. The largest absolute Gasteiger partial charge is 0.389 e. The number of β-amino-alcohol motifs (C(OH)–C–C–N with tert-alkyl or cyclic N) is 1. The van der Waals surface area contributed by atoms with Gasteiger partial charge in [-0.25, -0.2) is 0 Å². The van der Waals surface area contributed by atoms with E-state index >= 15 is 0 Å². The Hall–Kier alpha value is -0.190. The van der Waals surface area contributed by atoms with Gasteiger partial charge in [0.2, 0.25) is 0 Å². The van der Waals surface area contributed by atoms with Crippen LogP contribution < -0.4 is 0 Å². The molecule has 0 unspecified atom stereocenters. The third kappa shape index (κ3) is 2.21. The first-order chi connectivity index (χ1) is 4.83. The number of halogens is 1. The molecule has 0 aromatic rings. The fourth-order valence-corrected chi connectivity index (χ4v) is 0.924. The van der Waals surface area contributed by atoms with Crippen LogP contribution in [0.2, 0.25) is 0 Å². The molecule has 1 N–H and O–H groups in total. The van der Waals surface area contributed by atoms with Crippen molar-refractivity contribution in [3.05, 3.63) is 0 Å². The quantitative estimate of drug-likeness (QED) is 0.611. The van der Waals surface area contributed by atoms with E-state index in [0.717, 1.165) is 0 Å². The van der Waals surface area contributed by atoms with Gasteiger partial charge in [0.25, 0.3) is 0 Å². The normalized spacial score (nSPS) is 27.6. The third-order valence-electron chi connectivity index (χ3n) is 1.41. The zero-order chi connectivity index (χ0) is 7.40. The Morgan fingerprint density at radius 1 is 1.70 bits per heavy atom. The lowest BCUT2D eigenvalue weighted by Gasteiger charge is -2.10. The lowest BCUT2D eigenvalue weighted by molar-refractivity contribution is -0.111. The van der Waals surface area contributed by atoms with Crippen molar-refractivity contribution in [2.75, 3.05) is 26.4 Å². The van der Waals surface area contributed by atoms with Crippen LogP contribution >= 0.6 is 0 Å². The molecule has 0 saturated carbocycles. The van der Waals surface area contributed by atoms with Crippen LogP contribution in [0.3, 0.4) is 0 Å². The van der Waals surface area contributed by atoms with Crippen molar-refractivity contribution in [1.82, 2.24) is 5.06 Å². The lowest BCUT2D eigenvalue weighted by atomic mass is 10.4. The van der Waals surface area contributed by atoms with Crippen molar-refractivity contribution in [2.45, 2.75) is 12.5 Å². The summed E-state index contributed by atoms with van der Waals surface area (Å²) in [6.45, 7) is 1.12. The van der Waals surface area contributed by atoms with Gasteiger partial charge < -0.3 is 5.11 Å². The number of aliphatic hydroxyl groups excluding tert-OH is 1. The van der Waals surface area contributed by atoms with E-state index in [4.69, 9.17) is 9.94 Å². The van der Waals surface area contributed by atoms with Crippen LogP contribution in [0.5, 0.6) is 0 Å². The number of aliphatic hydroxyl groups is 1. The number of hydrogen-bond acceptors (Lipinski definition) is 3. The second-order valence-corrected chi connectivity index (χ2v) is 2.38. The van der Waals surface area contributed by atoms with E-state index in [0.29, 0.717) is 26.1 Å². The summed E-state index contributed by atoms with van der Waals surface area (Å²) in [6.07, 6.45) is 0.0896. The highest BCUT2D eigenvalue weighted by Crippen LogP contribution is 2.05. The van der Waals surface area contributed by atoms with Gasteiger partial charge in [-0.3, -0.25) is 9.23 Å². The third-order valence-corrected chi connectivity index (χ3v) is 1.41. The molecule has 4 heteroatoms. The highest BCUT2D eigenvalue weighted by molar-refractivity contribution is 4.63. The zero-order valence-electron chi connectivity index (χ0n) is 5.79. The lowest BCUT2D eigenvalue weighted by Crippen LogP contribution is -2.22. The summed E-state index contributed by atoms with van der Waals surface area (Å²) in [5.74, 6) is 0. The van der Waals surface area contributed by atoms with E-state index in [1.165, 1.54) is 0 Å². The molecule has 1 heterocycles. The number of hydrogen-bond donors (Lipinski definition) is 1. The van der Waals surface area contributed by atoms with Crippen LogP contribution in [0.1, 0.15) is 6.42 Å². The zero-order valence-corrected chi connectivity index (χ0v) is 5.79. The summed E-state index contributed by atoms with van der Waals surface area (Å²) in [4.78, 5) is 4.98. The fourth-order valence-electron chi connectivity index (χ4n) is 0.924. The number of rotatable bonds is 3. The predicted molar refractivity (Wildman–Crippen MR) is 34.1 cm³/mol. The Kier molecular flexibility index (Phi) is 3.05. The van der Waals surface area contributed by atoms with E-state index < -0.39 is 0 Å². The summed E-state index contributed by atoms with van der Waals surface area (Å²) in [7, 11) is 0. The van der Waals surface area contributed by atoms with Crippen LogP contribution in [0, 0.1) is 0 Å². The summed E-state index contributed by atoms with van der Waals surface area (Å²) < 4.78 is 11.6. The fraction of sp³-hybridized carbons (Fsp3) is 1.00. The van der Waals surface area contributed by atoms with Crippen molar-refractivity contribution in [1.29, 1.82) is 0 Å². The molecule has 1 fully saturated rings. The molecule has 1 aliphatic heterocycles. The predicted octanol–water partition coefficient (Wildman–Crippen LogP) is -0.0459. The average Bonchev–Trinajstić information content (AvgIpc) is 2.31. The van der Waals surface area contributed by atoms with E-state index in [1.807, 2.05) is 0 Å². The second kappa shape index (κ2) is 3.85. The van der Waals surface area contributed by atoms with Gasteiger partial charge in [0.1, 0.15) is 0 Å². The minimum absolute atomic E-state index is 0.323. The summed E-state index contributed by atoms with van der Waals surface area (Å²) in [5, 5.41) is 10.5. The highest BCUT2D eigenvalue weighted by atomic mass is 19.1. The van der Waals surface area contributed by atoms with E-state index in [-0.39, 0.29) is 12.8 Å². The van der Waals surface area contributed by atoms with E-state index in [1.54, 1.807) is 5.06 Å². The molecular formula is C6H12FNO2. The highest BCUT2D eigenvalue weighted by Gasteiger charge is 2.20. The molecule has 0 aromatic carbocycles. The molecule has 0 bridgehead atoms. The van der Waals surface area contributed by atoms with Gasteiger partial charge in [0, 0.05) is 6.54 Å². The number of nitrogens with zero attached hydrogens (tertiary/aromatic N) is 1. The minimum Gasteiger partial charge on any atom is -0.389 e. The van der Waals surface area contributed by atoms with Gasteiger partial charge in [-0.05, 0) is 6.42 Å². The molecule has 60 valence electrons. The molecular weight excluding hydrogens is 137 g/mol. The topological polar surface area (TPSA) is 32.7 Å². The first-order valence-corrected chi connectivity index (χ1v) is 3.45. The van der Waals surface area contributed by atoms with Crippen LogP contribution in [0.4, 0.5) is 4.39 Å². The average molecular weight is 149 g/mol. The van der Waals surface area contributed by atoms with Crippen molar-refractivity contribution in [3.8, 4) is 0 Å². The van der Waals surface area contributed by atoms with Crippen molar-refractivity contribution >= 4 is 0 Å². The first kappa shape index (κ1) is 7.91. The van der Waals surface area contributed by atoms with Crippen molar-refractivity contribution < 1.29 is 14.3 Å².